The average Bonchev–Trinajstić information content (AvgIpc) is 2.26. The number of aliphatic hydroxyl groups excluding tert-OH is 1. The second kappa shape index (κ2) is 5.33. The van der Waals surface area contributed by atoms with Crippen LogP contribution < -0.4 is 10.6 Å². The van der Waals surface area contributed by atoms with Gasteiger partial charge in [0.25, 0.3) is 0 Å². The first-order valence-corrected chi connectivity index (χ1v) is 5.10. The molecule has 1 unspecified atom stereocenters. The molecule has 1 heterocycles. The lowest BCUT2D eigenvalue weighted by Gasteiger charge is -2.19. The number of anilines is 2. The van der Waals surface area contributed by atoms with E-state index in [9.17, 15) is 5.11 Å². The lowest BCUT2D eigenvalue weighted by molar-refractivity contribution is 0.187. The second-order valence-corrected chi connectivity index (χ2v) is 3.78. The topological polar surface area (TPSA) is 86.2 Å². The standard InChI is InChI=1S/C11H16N4O/c1-8(16)5-6-15(2)11-4-3-9(13)10(7-12)14-11/h3-4,8,16H,5-6,13H2,1-2H3. The summed E-state index contributed by atoms with van der Waals surface area (Å²) in [5, 5.41) is 18.0. The molecule has 1 aromatic rings. The van der Waals surface area contributed by atoms with E-state index in [1.54, 1.807) is 19.1 Å². The Morgan fingerprint density at radius 3 is 2.88 bits per heavy atom. The zero-order chi connectivity index (χ0) is 12.1. The summed E-state index contributed by atoms with van der Waals surface area (Å²) in [4.78, 5) is 6.01. The highest BCUT2D eigenvalue weighted by Crippen LogP contribution is 2.15. The van der Waals surface area contributed by atoms with Crippen LogP contribution in [0.25, 0.3) is 0 Å². The fraction of sp³-hybridized carbons (Fsp3) is 0.455. The molecule has 5 heteroatoms. The summed E-state index contributed by atoms with van der Waals surface area (Å²) in [6, 6.07) is 5.37. The maximum atomic E-state index is 9.17. The molecule has 0 aliphatic heterocycles. The highest BCUT2D eigenvalue weighted by molar-refractivity contribution is 5.55. The first-order valence-electron chi connectivity index (χ1n) is 5.10. The van der Waals surface area contributed by atoms with E-state index in [1.165, 1.54) is 0 Å². The van der Waals surface area contributed by atoms with Gasteiger partial charge in [-0.1, -0.05) is 0 Å². The first-order chi connectivity index (χ1) is 7.54. The summed E-state index contributed by atoms with van der Waals surface area (Å²) in [6.45, 7) is 2.42. The number of nitrogens with zero attached hydrogens (tertiary/aromatic N) is 3. The van der Waals surface area contributed by atoms with Crippen molar-refractivity contribution in [3.8, 4) is 6.07 Å². The quantitative estimate of drug-likeness (QED) is 0.781. The molecule has 1 rings (SSSR count). The molecule has 0 bridgehead atoms. The van der Waals surface area contributed by atoms with Crippen LogP contribution in [0.15, 0.2) is 12.1 Å². The number of aliphatic hydroxyl groups is 1. The first kappa shape index (κ1) is 12.3. The minimum absolute atomic E-state index is 0.237. The van der Waals surface area contributed by atoms with E-state index in [2.05, 4.69) is 4.98 Å². The molecular weight excluding hydrogens is 204 g/mol. The largest absolute Gasteiger partial charge is 0.396 e. The maximum absolute atomic E-state index is 9.17. The van der Waals surface area contributed by atoms with Crippen molar-refractivity contribution in [1.29, 1.82) is 5.26 Å². The summed E-state index contributed by atoms with van der Waals surface area (Å²) in [5.41, 5.74) is 6.20. The molecule has 0 amide bonds. The van der Waals surface area contributed by atoms with E-state index in [0.29, 0.717) is 24.5 Å². The van der Waals surface area contributed by atoms with Crippen molar-refractivity contribution in [3.63, 3.8) is 0 Å². The zero-order valence-electron chi connectivity index (χ0n) is 9.51. The van der Waals surface area contributed by atoms with Gasteiger partial charge in [-0.15, -0.1) is 0 Å². The molecule has 0 saturated heterocycles. The number of hydrogen-bond acceptors (Lipinski definition) is 5. The Morgan fingerprint density at radius 1 is 1.62 bits per heavy atom. The summed E-state index contributed by atoms with van der Waals surface area (Å²) < 4.78 is 0. The van der Waals surface area contributed by atoms with Gasteiger partial charge in [0.05, 0.1) is 11.8 Å². The van der Waals surface area contributed by atoms with E-state index in [4.69, 9.17) is 11.0 Å². The van der Waals surface area contributed by atoms with Crippen molar-refractivity contribution < 1.29 is 5.11 Å². The van der Waals surface area contributed by atoms with E-state index >= 15 is 0 Å². The van der Waals surface area contributed by atoms with Crippen LogP contribution in [0, 0.1) is 11.3 Å². The third-order valence-corrected chi connectivity index (χ3v) is 2.29. The number of pyridine rings is 1. The fourth-order valence-corrected chi connectivity index (χ4v) is 1.26. The Balaban J connectivity index is 2.77. The van der Waals surface area contributed by atoms with Gasteiger partial charge in [-0.3, -0.25) is 0 Å². The van der Waals surface area contributed by atoms with Gasteiger partial charge in [0, 0.05) is 13.6 Å². The Bertz CT molecular complexity index is 397. The highest BCUT2D eigenvalue weighted by Gasteiger charge is 2.07. The van der Waals surface area contributed by atoms with E-state index in [0.717, 1.165) is 0 Å². The molecule has 0 aromatic carbocycles. The van der Waals surface area contributed by atoms with Gasteiger partial charge in [-0.05, 0) is 25.5 Å². The van der Waals surface area contributed by atoms with E-state index in [-0.39, 0.29) is 11.8 Å². The van der Waals surface area contributed by atoms with Gasteiger partial charge in [-0.2, -0.15) is 5.26 Å². The SMILES string of the molecule is CC(O)CCN(C)c1ccc(N)c(C#N)n1. The maximum Gasteiger partial charge on any atom is 0.165 e. The molecular formula is C11H16N4O. The van der Waals surface area contributed by atoms with Gasteiger partial charge < -0.3 is 15.7 Å². The molecule has 1 atom stereocenters. The van der Waals surface area contributed by atoms with Gasteiger partial charge in [-0.25, -0.2) is 4.98 Å². The van der Waals surface area contributed by atoms with Crippen molar-refractivity contribution in [3.05, 3.63) is 17.8 Å². The van der Waals surface area contributed by atoms with Crippen molar-refractivity contribution >= 4 is 11.5 Å². The van der Waals surface area contributed by atoms with Crippen LogP contribution in [0.3, 0.4) is 0 Å². The van der Waals surface area contributed by atoms with Gasteiger partial charge >= 0.3 is 0 Å². The third-order valence-electron chi connectivity index (χ3n) is 2.29. The summed E-state index contributed by atoms with van der Waals surface area (Å²) in [5.74, 6) is 0.686. The van der Waals surface area contributed by atoms with E-state index in [1.807, 2.05) is 18.0 Å². The lowest BCUT2D eigenvalue weighted by atomic mass is 10.2. The monoisotopic (exact) mass is 220 g/mol. The molecule has 3 N–H and O–H groups in total. The lowest BCUT2D eigenvalue weighted by Crippen LogP contribution is -2.23. The number of nitrogens with two attached hydrogens (primary N) is 1. The number of rotatable bonds is 4. The van der Waals surface area contributed by atoms with Crippen LogP contribution >= 0.6 is 0 Å². The van der Waals surface area contributed by atoms with Crippen molar-refractivity contribution in [2.24, 2.45) is 0 Å². The summed E-state index contributed by atoms with van der Waals surface area (Å²) in [6.07, 6.45) is 0.316. The van der Waals surface area contributed by atoms with Crippen LogP contribution in [0.2, 0.25) is 0 Å². The molecule has 0 spiro atoms. The molecule has 86 valence electrons. The highest BCUT2D eigenvalue weighted by atomic mass is 16.3. The number of aromatic nitrogens is 1. The normalized spacial score (nSPS) is 11.9. The minimum atomic E-state index is -0.341. The summed E-state index contributed by atoms with van der Waals surface area (Å²) in [7, 11) is 1.86. The van der Waals surface area contributed by atoms with Crippen LogP contribution in [0.1, 0.15) is 19.0 Å². The second-order valence-electron chi connectivity index (χ2n) is 3.78. The van der Waals surface area contributed by atoms with Crippen LogP contribution in [-0.2, 0) is 0 Å². The third kappa shape index (κ3) is 3.11. The number of nitriles is 1. The van der Waals surface area contributed by atoms with Gasteiger partial charge in [0.1, 0.15) is 11.9 Å². The predicted octanol–water partition coefficient (Wildman–Crippen LogP) is 0.743. The Kier molecular flexibility index (Phi) is 4.09. The molecule has 0 saturated carbocycles. The van der Waals surface area contributed by atoms with Gasteiger partial charge in [0.2, 0.25) is 0 Å². The van der Waals surface area contributed by atoms with Crippen molar-refractivity contribution in [2.45, 2.75) is 19.4 Å². The molecule has 5 nitrogen and oxygen atoms in total. The van der Waals surface area contributed by atoms with Crippen LogP contribution in [-0.4, -0.2) is 29.8 Å². The molecule has 1 aromatic heterocycles. The Labute approximate surface area is 95.1 Å². The Morgan fingerprint density at radius 2 is 2.31 bits per heavy atom. The molecule has 0 fully saturated rings. The van der Waals surface area contributed by atoms with Crippen LogP contribution in [0.5, 0.6) is 0 Å². The zero-order valence-corrected chi connectivity index (χ0v) is 9.51. The van der Waals surface area contributed by atoms with Gasteiger partial charge in [0.15, 0.2) is 5.69 Å². The van der Waals surface area contributed by atoms with E-state index < -0.39 is 0 Å². The fourth-order valence-electron chi connectivity index (χ4n) is 1.26. The van der Waals surface area contributed by atoms with Crippen molar-refractivity contribution in [2.75, 3.05) is 24.2 Å². The summed E-state index contributed by atoms with van der Waals surface area (Å²) >= 11 is 0. The smallest absolute Gasteiger partial charge is 0.165 e. The predicted molar refractivity (Wildman–Crippen MR) is 62.9 cm³/mol. The minimum Gasteiger partial charge on any atom is -0.396 e. The molecule has 16 heavy (non-hydrogen) atoms. The number of nitrogen functional groups attached to an aromatic ring is 1. The Hall–Kier alpha value is -1.80. The molecule has 0 aliphatic rings. The van der Waals surface area contributed by atoms with Crippen molar-refractivity contribution in [1.82, 2.24) is 4.98 Å². The van der Waals surface area contributed by atoms with Crippen LogP contribution in [0.4, 0.5) is 11.5 Å². The average molecular weight is 220 g/mol. The number of hydrogen-bond donors (Lipinski definition) is 2. The molecule has 0 aliphatic carbocycles. The molecule has 0 radical (unpaired) electrons.